The second-order valence-electron chi connectivity index (χ2n) is 5.83. The normalized spacial score (nSPS) is 13.5. The van der Waals surface area contributed by atoms with Crippen LogP contribution in [0.15, 0.2) is 30.3 Å². The maximum absolute atomic E-state index is 9.44. The molecule has 0 spiro atoms. The average Bonchev–Trinajstić information content (AvgIpc) is 2.39. The van der Waals surface area contributed by atoms with Crippen molar-refractivity contribution in [1.29, 1.82) is 0 Å². The van der Waals surface area contributed by atoms with Crippen LogP contribution in [-0.4, -0.2) is 31.0 Å². The molecule has 1 atom stereocenters. The molecule has 1 rings (SSSR count). The van der Waals surface area contributed by atoms with E-state index < -0.39 is 0 Å². The molecule has 0 fully saturated rings. The number of hydrogen-bond acceptors (Lipinski definition) is 3. The van der Waals surface area contributed by atoms with Gasteiger partial charge >= 0.3 is 0 Å². The highest BCUT2D eigenvalue weighted by molar-refractivity contribution is 5.14. The van der Waals surface area contributed by atoms with E-state index in [1.165, 1.54) is 5.56 Å². The Kier molecular flexibility index (Phi) is 7.06. The van der Waals surface area contributed by atoms with Crippen molar-refractivity contribution in [2.45, 2.75) is 39.8 Å². The molecule has 3 nitrogen and oxygen atoms in total. The molecule has 0 amide bonds. The molecule has 2 N–H and O–H groups in total. The van der Waals surface area contributed by atoms with E-state index in [4.69, 9.17) is 4.74 Å². The highest BCUT2D eigenvalue weighted by atomic mass is 16.5. The molecule has 1 aromatic carbocycles. The molecule has 0 saturated carbocycles. The van der Waals surface area contributed by atoms with Crippen molar-refractivity contribution < 1.29 is 9.84 Å². The molecule has 0 heterocycles. The van der Waals surface area contributed by atoms with E-state index in [1.807, 2.05) is 13.0 Å². The first-order valence-corrected chi connectivity index (χ1v) is 7.04. The standard InChI is InChI=1S/C16H27NO2/c1-4-15(18)11-19-13-16(2,3)12-17-10-14-8-6-5-7-9-14/h5-9,15,17-18H,4,10-13H2,1-3H3. The summed E-state index contributed by atoms with van der Waals surface area (Å²) < 4.78 is 5.56. The van der Waals surface area contributed by atoms with E-state index in [9.17, 15) is 5.11 Å². The van der Waals surface area contributed by atoms with E-state index in [0.29, 0.717) is 13.2 Å². The van der Waals surface area contributed by atoms with Crippen LogP contribution in [-0.2, 0) is 11.3 Å². The van der Waals surface area contributed by atoms with Crippen LogP contribution in [0.2, 0.25) is 0 Å². The first kappa shape index (κ1) is 16.2. The van der Waals surface area contributed by atoms with Gasteiger partial charge in [-0.15, -0.1) is 0 Å². The molecular formula is C16H27NO2. The van der Waals surface area contributed by atoms with Crippen molar-refractivity contribution in [2.75, 3.05) is 19.8 Å². The van der Waals surface area contributed by atoms with Gasteiger partial charge in [0.05, 0.1) is 19.3 Å². The number of rotatable bonds is 9. The van der Waals surface area contributed by atoms with Gasteiger partial charge in [0.2, 0.25) is 0 Å². The third-order valence-electron chi connectivity index (χ3n) is 3.05. The van der Waals surface area contributed by atoms with Gasteiger partial charge in [0, 0.05) is 18.5 Å². The van der Waals surface area contributed by atoms with Gasteiger partial charge in [0.15, 0.2) is 0 Å². The van der Waals surface area contributed by atoms with Crippen molar-refractivity contribution in [3.63, 3.8) is 0 Å². The maximum Gasteiger partial charge on any atom is 0.0771 e. The van der Waals surface area contributed by atoms with Crippen LogP contribution in [0.5, 0.6) is 0 Å². The Morgan fingerprint density at radius 3 is 2.58 bits per heavy atom. The maximum atomic E-state index is 9.44. The van der Waals surface area contributed by atoms with Gasteiger partial charge in [-0.05, 0) is 12.0 Å². The Morgan fingerprint density at radius 2 is 1.95 bits per heavy atom. The lowest BCUT2D eigenvalue weighted by atomic mass is 9.94. The third kappa shape index (κ3) is 7.31. The number of aliphatic hydroxyl groups excluding tert-OH is 1. The molecule has 1 aromatic rings. The zero-order valence-electron chi connectivity index (χ0n) is 12.4. The Balaban J connectivity index is 2.19. The van der Waals surface area contributed by atoms with Crippen molar-refractivity contribution in [3.8, 4) is 0 Å². The second kappa shape index (κ2) is 8.31. The Hall–Kier alpha value is -0.900. The van der Waals surface area contributed by atoms with Gasteiger partial charge < -0.3 is 15.2 Å². The molecular weight excluding hydrogens is 238 g/mol. The minimum Gasteiger partial charge on any atom is -0.391 e. The largest absolute Gasteiger partial charge is 0.391 e. The highest BCUT2D eigenvalue weighted by Gasteiger charge is 2.18. The lowest BCUT2D eigenvalue weighted by Crippen LogP contribution is -2.34. The van der Waals surface area contributed by atoms with Gasteiger partial charge in [-0.1, -0.05) is 51.1 Å². The highest BCUT2D eigenvalue weighted by Crippen LogP contribution is 2.14. The number of nitrogens with one attached hydrogen (secondary N) is 1. The summed E-state index contributed by atoms with van der Waals surface area (Å²) in [5.41, 5.74) is 1.36. The molecule has 0 aliphatic heterocycles. The summed E-state index contributed by atoms with van der Waals surface area (Å²) in [6, 6.07) is 10.4. The predicted octanol–water partition coefficient (Wildman–Crippen LogP) is 2.59. The molecule has 0 aliphatic rings. The van der Waals surface area contributed by atoms with Gasteiger partial charge in [0.25, 0.3) is 0 Å². The summed E-state index contributed by atoms with van der Waals surface area (Å²) in [7, 11) is 0. The zero-order chi connectivity index (χ0) is 14.1. The first-order chi connectivity index (χ1) is 9.03. The molecule has 0 saturated heterocycles. The van der Waals surface area contributed by atoms with Crippen molar-refractivity contribution in [1.82, 2.24) is 5.32 Å². The summed E-state index contributed by atoms with van der Waals surface area (Å²) >= 11 is 0. The fourth-order valence-corrected chi connectivity index (χ4v) is 1.78. The number of benzene rings is 1. The van der Waals surface area contributed by atoms with Crippen LogP contribution in [0.1, 0.15) is 32.8 Å². The minimum atomic E-state index is -0.340. The van der Waals surface area contributed by atoms with Gasteiger partial charge in [0.1, 0.15) is 0 Å². The minimum absolute atomic E-state index is 0.0717. The quantitative estimate of drug-likeness (QED) is 0.721. The summed E-state index contributed by atoms with van der Waals surface area (Å²) in [6.45, 7) is 9.16. The second-order valence-corrected chi connectivity index (χ2v) is 5.83. The summed E-state index contributed by atoms with van der Waals surface area (Å²) in [4.78, 5) is 0. The molecule has 0 aromatic heterocycles. The van der Waals surface area contributed by atoms with Gasteiger partial charge in [-0.2, -0.15) is 0 Å². The van der Waals surface area contributed by atoms with Crippen molar-refractivity contribution in [2.24, 2.45) is 5.41 Å². The van der Waals surface area contributed by atoms with Crippen LogP contribution in [0.4, 0.5) is 0 Å². The molecule has 0 radical (unpaired) electrons. The van der Waals surface area contributed by atoms with E-state index in [2.05, 4.69) is 43.4 Å². The fourth-order valence-electron chi connectivity index (χ4n) is 1.78. The summed E-state index contributed by atoms with van der Waals surface area (Å²) in [5, 5.41) is 12.9. The lowest BCUT2D eigenvalue weighted by Gasteiger charge is -2.25. The Bertz CT molecular complexity index is 338. The average molecular weight is 265 g/mol. The van der Waals surface area contributed by atoms with Crippen LogP contribution in [0.3, 0.4) is 0 Å². The molecule has 3 heteroatoms. The number of ether oxygens (including phenoxy) is 1. The predicted molar refractivity (Wildman–Crippen MR) is 79.0 cm³/mol. The van der Waals surface area contributed by atoms with Crippen LogP contribution >= 0.6 is 0 Å². The molecule has 19 heavy (non-hydrogen) atoms. The van der Waals surface area contributed by atoms with Gasteiger partial charge in [-0.3, -0.25) is 0 Å². The first-order valence-electron chi connectivity index (χ1n) is 7.04. The molecule has 108 valence electrons. The zero-order valence-corrected chi connectivity index (χ0v) is 12.4. The van der Waals surface area contributed by atoms with E-state index >= 15 is 0 Å². The number of aliphatic hydroxyl groups is 1. The van der Waals surface area contributed by atoms with E-state index in [-0.39, 0.29) is 11.5 Å². The smallest absolute Gasteiger partial charge is 0.0771 e. The Labute approximate surface area is 117 Å². The SMILES string of the molecule is CCC(O)COCC(C)(C)CNCc1ccccc1. The molecule has 0 aliphatic carbocycles. The van der Waals surface area contributed by atoms with Crippen LogP contribution < -0.4 is 5.32 Å². The van der Waals surface area contributed by atoms with Crippen LogP contribution in [0, 0.1) is 5.41 Å². The molecule has 0 bridgehead atoms. The Morgan fingerprint density at radius 1 is 1.26 bits per heavy atom. The van der Waals surface area contributed by atoms with E-state index in [1.54, 1.807) is 0 Å². The lowest BCUT2D eigenvalue weighted by molar-refractivity contribution is 0.00124. The molecule has 1 unspecified atom stereocenters. The summed E-state index contributed by atoms with van der Waals surface area (Å²) in [6.07, 6.45) is 0.403. The summed E-state index contributed by atoms with van der Waals surface area (Å²) in [5.74, 6) is 0. The van der Waals surface area contributed by atoms with Gasteiger partial charge in [-0.25, -0.2) is 0 Å². The monoisotopic (exact) mass is 265 g/mol. The third-order valence-corrected chi connectivity index (χ3v) is 3.05. The van der Waals surface area contributed by atoms with Crippen molar-refractivity contribution >= 4 is 0 Å². The topological polar surface area (TPSA) is 41.5 Å². The van der Waals surface area contributed by atoms with E-state index in [0.717, 1.165) is 19.5 Å². The van der Waals surface area contributed by atoms with Crippen molar-refractivity contribution in [3.05, 3.63) is 35.9 Å². The fraction of sp³-hybridized carbons (Fsp3) is 0.625. The number of hydrogen-bond donors (Lipinski definition) is 2. The van der Waals surface area contributed by atoms with Crippen LogP contribution in [0.25, 0.3) is 0 Å².